The Morgan fingerprint density at radius 1 is 0.941 bits per heavy atom. The summed E-state index contributed by atoms with van der Waals surface area (Å²) in [6.07, 6.45) is 11.6. The predicted octanol–water partition coefficient (Wildman–Crippen LogP) is 2.89. The first-order valence-electron chi connectivity index (χ1n) is 7.74. The van der Waals surface area contributed by atoms with Gasteiger partial charge in [0, 0.05) is 6.54 Å². The number of piperidine rings is 1. The fraction of sp³-hybridized carbons (Fsp3) is 1.00. The maximum atomic E-state index is 3.45. The second-order valence-electron chi connectivity index (χ2n) is 6.25. The molecule has 2 heteroatoms. The van der Waals surface area contributed by atoms with Crippen LogP contribution in [-0.4, -0.2) is 38.1 Å². The molecule has 2 aliphatic rings. The van der Waals surface area contributed by atoms with E-state index >= 15 is 0 Å². The number of hydrogen-bond acceptors (Lipinski definition) is 2. The van der Waals surface area contributed by atoms with E-state index in [2.05, 4.69) is 17.3 Å². The Kier molecular flexibility index (Phi) is 5.79. The quantitative estimate of drug-likeness (QED) is 0.792. The molecule has 0 aromatic rings. The van der Waals surface area contributed by atoms with Gasteiger partial charge in [0.1, 0.15) is 0 Å². The minimum Gasteiger partial charge on any atom is -0.317 e. The van der Waals surface area contributed by atoms with Gasteiger partial charge in [0.05, 0.1) is 0 Å². The third-order valence-electron chi connectivity index (χ3n) is 4.67. The Bertz CT molecular complexity index is 193. The highest BCUT2D eigenvalue weighted by molar-refractivity contribution is 4.72. The van der Waals surface area contributed by atoms with E-state index in [1.54, 1.807) is 0 Å². The zero-order chi connectivity index (χ0) is 11.9. The fourth-order valence-corrected chi connectivity index (χ4v) is 3.48. The minimum absolute atomic E-state index is 0.991. The van der Waals surface area contributed by atoms with Crippen LogP contribution in [0.4, 0.5) is 0 Å². The normalized spacial score (nSPS) is 24.4. The average Bonchev–Trinajstić information content (AvgIpc) is 2.39. The van der Waals surface area contributed by atoms with Crippen molar-refractivity contribution < 1.29 is 0 Å². The number of rotatable bonds is 5. The molecule has 1 aliphatic carbocycles. The van der Waals surface area contributed by atoms with Gasteiger partial charge in [-0.15, -0.1) is 0 Å². The topological polar surface area (TPSA) is 15.3 Å². The Morgan fingerprint density at radius 3 is 2.35 bits per heavy atom. The van der Waals surface area contributed by atoms with Gasteiger partial charge in [-0.25, -0.2) is 0 Å². The average molecular weight is 238 g/mol. The largest absolute Gasteiger partial charge is 0.317 e. The van der Waals surface area contributed by atoms with Crippen molar-refractivity contribution in [2.75, 3.05) is 33.2 Å². The van der Waals surface area contributed by atoms with Crippen molar-refractivity contribution in [2.45, 2.75) is 51.4 Å². The van der Waals surface area contributed by atoms with Gasteiger partial charge < -0.3 is 10.2 Å². The lowest BCUT2D eigenvalue weighted by molar-refractivity contribution is 0.213. The van der Waals surface area contributed by atoms with Crippen LogP contribution in [0.5, 0.6) is 0 Å². The summed E-state index contributed by atoms with van der Waals surface area (Å²) in [5, 5.41) is 3.45. The summed E-state index contributed by atoms with van der Waals surface area (Å²) in [6.45, 7) is 5.17. The highest BCUT2D eigenvalue weighted by Gasteiger charge is 2.17. The van der Waals surface area contributed by atoms with E-state index in [-0.39, 0.29) is 0 Å². The van der Waals surface area contributed by atoms with Gasteiger partial charge in [0.15, 0.2) is 0 Å². The Morgan fingerprint density at radius 2 is 1.65 bits per heavy atom. The lowest BCUT2D eigenvalue weighted by atomic mass is 9.88. The molecule has 1 saturated heterocycles. The van der Waals surface area contributed by atoms with Crippen LogP contribution >= 0.6 is 0 Å². The van der Waals surface area contributed by atoms with Crippen LogP contribution in [0.1, 0.15) is 51.4 Å². The lowest BCUT2D eigenvalue weighted by Gasteiger charge is -2.29. The first-order valence-corrected chi connectivity index (χ1v) is 7.74. The van der Waals surface area contributed by atoms with Crippen molar-refractivity contribution in [3.63, 3.8) is 0 Å². The molecule has 0 unspecified atom stereocenters. The van der Waals surface area contributed by atoms with Crippen LogP contribution in [0.25, 0.3) is 0 Å². The summed E-state index contributed by atoms with van der Waals surface area (Å²) in [6, 6.07) is 0. The standard InChI is InChI=1S/C15H30N2/c1-17(13-15-5-3-2-4-6-15)12-9-14-7-10-16-11-8-14/h14-16H,2-13H2,1H3. The molecule has 100 valence electrons. The first kappa shape index (κ1) is 13.4. The maximum absolute atomic E-state index is 3.45. The Labute approximate surface area is 107 Å². The maximum Gasteiger partial charge on any atom is 0.000661 e. The molecule has 0 aromatic carbocycles. The summed E-state index contributed by atoms with van der Waals surface area (Å²) in [5.41, 5.74) is 0. The SMILES string of the molecule is CN(CCC1CCNCC1)CC1CCCCC1. The molecule has 0 aromatic heterocycles. The van der Waals surface area contributed by atoms with E-state index in [9.17, 15) is 0 Å². The summed E-state index contributed by atoms with van der Waals surface area (Å²) in [7, 11) is 2.33. The summed E-state index contributed by atoms with van der Waals surface area (Å²) >= 11 is 0. The molecule has 17 heavy (non-hydrogen) atoms. The Balaban J connectivity index is 1.57. The third kappa shape index (κ3) is 4.97. The van der Waals surface area contributed by atoms with Gasteiger partial charge in [0.2, 0.25) is 0 Å². The van der Waals surface area contributed by atoms with Gasteiger partial charge in [0.25, 0.3) is 0 Å². The van der Waals surface area contributed by atoms with E-state index in [0.29, 0.717) is 0 Å². The van der Waals surface area contributed by atoms with E-state index < -0.39 is 0 Å². The van der Waals surface area contributed by atoms with Crippen molar-refractivity contribution in [1.82, 2.24) is 10.2 Å². The predicted molar refractivity (Wildman–Crippen MR) is 74.3 cm³/mol. The van der Waals surface area contributed by atoms with Crippen molar-refractivity contribution >= 4 is 0 Å². The smallest absolute Gasteiger partial charge is 0.000661 e. The zero-order valence-corrected chi connectivity index (χ0v) is 11.6. The van der Waals surface area contributed by atoms with E-state index in [1.807, 2.05) is 0 Å². The molecule has 2 nitrogen and oxygen atoms in total. The minimum atomic E-state index is 0.991. The van der Waals surface area contributed by atoms with Crippen LogP contribution in [0, 0.1) is 11.8 Å². The molecule has 0 atom stereocenters. The molecule has 0 spiro atoms. The fourth-order valence-electron chi connectivity index (χ4n) is 3.48. The van der Waals surface area contributed by atoms with Crippen molar-refractivity contribution in [1.29, 1.82) is 0 Å². The summed E-state index contributed by atoms with van der Waals surface area (Å²) in [4.78, 5) is 2.60. The van der Waals surface area contributed by atoms with Crippen LogP contribution in [0.2, 0.25) is 0 Å². The molecular weight excluding hydrogens is 208 g/mol. The second kappa shape index (κ2) is 7.38. The monoisotopic (exact) mass is 238 g/mol. The molecule has 2 fully saturated rings. The number of nitrogens with zero attached hydrogens (tertiary/aromatic N) is 1. The molecular formula is C15H30N2. The summed E-state index contributed by atoms with van der Waals surface area (Å²) < 4.78 is 0. The van der Waals surface area contributed by atoms with E-state index in [0.717, 1.165) is 11.8 Å². The highest BCUT2D eigenvalue weighted by Crippen LogP contribution is 2.24. The third-order valence-corrected chi connectivity index (χ3v) is 4.67. The summed E-state index contributed by atoms with van der Waals surface area (Å²) in [5.74, 6) is 1.99. The zero-order valence-electron chi connectivity index (χ0n) is 11.6. The molecule has 1 saturated carbocycles. The van der Waals surface area contributed by atoms with Crippen molar-refractivity contribution in [3.8, 4) is 0 Å². The molecule has 2 rings (SSSR count). The van der Waals surface area contributed by atoms with Crippen LogP contribution < -0.4 is 5.32 Å². The van der Waals surface area contributed by atoms with Crippen LogP contribution in [0.15, 0.2) is 0 Å². The molecule has 0 amide bonds. The van der Waals surface area contributed by atoms with E-state index in [1.165, 1.54) is 77.5 Å². The van der Waals surface area contributed by atoms with E-state index in [4.69, 9.17) is 0 Å². The molecule has 0 radical (unpaired) electrons. The molecule has 0 bridgehead atoms. The first-order chi connectivity index (χ1) is 8.34. The highest BCUT2D eigenvalue weighted by atomic mass is 15.1. The lowest BCUT2D eigenvalue weighted by Crippen LogP contribution is -2.32. The van der Waals surface area contributed by atoms with Crippen molar-refractivity contribution in [3.05, 3.63) is 0 Å². The van der Waals surface area contributed by atoms with Gasteiger partial charge in [-0.3, -0.25) is 0 Å². The van der Waals surface area contributed by atoms with Gasteiger partial charge in [-0.1, -0.05) is 19.3 Å². The molecule has 1 heterocycles. The number of hydrogen-bond donors (Lipinski definition) is 1. The van der Waals surface area contributed by atoms with Gasteiger partial charge in [-0.05, 0) is 70.6 Å². The van der Waals surface area contributed by atoms with Gasteiger partial charge in [-0.2, -0.15) is 0 Å². The molecule has 1 N–H and O–H groups in total. The van der Waals surface area contributed by atoms with Crippen LogP contribution in [-0.2, 0) is 0 Å². The molecule has 1 aliphatic heterocycles. The number of nitrogens with one attached hydrogen (secondary N) is 1. The van der Waals surface area contributed by atoms with Gasteiger partial charge >= 0.3 is 0 Å². The second-order valence-corrected chi connectivity index (χ2v) is 6.25. The van der Waals surface area contributed by atoms with Crippen LogP contribution in [0.3, 0.4) is 0 Å². The van der Waals surface area contributed by atoms with Crippen molar-refractivity contribution in [2.24, 2.45) is 11.8 Å². The Hall–Kier alpha value is -0.0800.